The second kappa shape index (κ2) is 35.5. The molecule has 0 unspecified atom stereocenters. The summed E-state index contributed by atoms with van der Waals surface area (Å²) in [5, 5.41) is 0. The van der Waals surface area contributed by atoms with E-state index in [1.165, 1.54) is 0 Å². The molecule has 0 saturated heterocycles. The highest BCUT2D eigenvalue weighted by Gasteiger charge is 1.96. The molecule has 0 amide bonds. The standard InChI is InChI=1S/C25H53NO11/c1-2-4-27-6-8-29-10-12-31-14-16-33-18-20-35-22-24-37-25-23-36-21-19-34-17-15-32-13-11-30-9-7-28-5-3-26/h2-26H2,1H3. The Morgan fingerprint density at radius 3 is 0.595 bits per heavy atom. The second-order valence-electron chi connectivity index (χ2n) is 7.52. The van der Waals surface area contributed by atoms with Crippen molar-refractivity contribution in [2.45, 2.75) is 13.3 Å². The fourth-order valence-electron chi connectivity index (χ4n) is 2.53. The summed E-state index contributed by atoms with van der Waals surface area (Å²) >= 11 is 0. The Kier molecular flexibility index (Phi) is 35.1. The molecular weight excluding hydrogens is 490 g/mol. The second-order valence-corrected chi connectivity index (χ2v) is 7.52. The number of rotatable bonds is 34. The van der Waals surface area contributed by atoms with Crippen molar-refractivity contribution in [3.8, 4) is 0 Å². The average Bonchev–Trinajstić information content (AvgIpc) is 2.91. The number of ether oxygens (including phenoxy) is 11. The van der Waals surface area contributed by atoms with Crippen molar-refractivity contribution in [1.29, 1.82) is 0 Å². The third-order valence-corrected chi connectivity index (χ3v) is 4.33. The Balaban J connectivity index is 3.00. The summed E-state index contributed by atoms with van der Waals surface area (Å²) in [6.07, 6.45) is 1.03. The zero-order chi connectivity index (χ0) is 26.7. The van der Waals surface area contributed by atoms with Crippen LogP contribution in [0.15, 0.2) is 0 Å². The summed E-state index contributed by atoms with van der Waals surface area (Å²) in [7, 11) is 0. The van der Waals surface area contributed by atoms with Crippen LogP contribution in [0.25, 0.3) is 0 Å². The van der Waals surface area contributed by atoms with E-state index in [2.05, 4.69) is 6.92 Å². The van der Waals surface area contributed by atoms with Crippen molar-refractivity contribution in [3.05, 3.63) is 0 Å². The molecule has 2 N–H and O–H groups in total. The molecule has 224 valence electrons. The Bertz CT molecular complexity index is 364. The molecule has 12 heteroatoms. The van der Waals surface area contributed by atoms with E-state index in [4.69, 9.17) is 57.8 Å². The molecule has 0 aliphatic heterocycles. The molecule has 0 spiro atoms. The van der Waals surface area contributed by atoms with Crippen LogP contribution < -0.4 is 5.73 Å². The first-order valence-electron chi connectivity index (χ1n) is 13.5. The van der Waals surface area contributed by atoms with Gasteiger partial charge < -0.3 is 57.8 Å². The molecule has 37 heavy (non-hydrogen) atoms. The van der Waals surface area contributed by atoms with Gasteiger partial charge in [0.1, 0.15) is 0 Å². The zero-order valence-electron chi connectivity index (χ0n) is 23.0. The van der Waals surface area contributed by atoms with Gasteiger partial charge in [-0.05, 0) is 6.42 Å². The van der Waals surface area contributed by atoms with Gasteiger partial charge in [-0.1, -0.05) is 6.92 Å². The van der Waals surface area contributed by atoms with Gasteiger partial charge in [0.15, 0.2) is 0 Å². The number of nitrogens with two attached hydrogens (primary N) is 1. The van der Waals surface area contributed by atoms with Crippen molar-refractivity contribution in [3.63, 3.8) is 0 Å². The highest BCUT2D eigenvalue weighted by molar-refractivity contribution is 4.39. The van der Waals surface area contributed by atoms with Gasteiger partial charge in [-0.25, -0.2) is 0 Å². The van der Waals surface area contributed by atoms with E-state index in [0.717, 1.165) is 13.0 Å². The van der Waals surface area contributed by atoms with E-state index >= 15 is 0 Å². The molecule has 0 atom stereocenters. The topological polar surface area (TPSA) is 128 Å². The largest absolute Gasteiger partial charge is 0.379 e. The molecule has 0 aromatic rings. The van der Waals surface area contributed by atoms with E-state index in [-0.39, 0.29) is 0 Å². The molecule has 0 aliphatic carbocycles. The van der Waals surface area contributed by atoms with Crippen molar-refractivity contribution in [1.82, 2.24) is 0 Å². The summed E-state index contributed by atoms with van der Waals surface area (Å²) in [5.41, 5.74) is 5.32. The molecule has 0 aliphatic rings. The third-order valence-electron chi connectivity index (χ3n) is 4.33. The molecule has 0 aromatic heterocycles. The van der Waals surface area contributed by atoms with Crippen LogP contribution in [0.1, 0.15) is 13.3 Å². The van der Waals surface area contributed by atoms with Crippen molar-refractivity contribution in [2.24, 2.45) is 5.73 Å². The van der Waals surface area contributed by atoms with Crippen molar-refractivity contribution in [2.75, 3.05) is 152 Å². The normalized spacial score (nSPS) is 11.5. The van der Waals surface area contributed by atoms with Crippen LogP contribution in [0.3, 0.4) is 0 Å². The van der Waals surface area contributed by atoms with Crippen LogP contribution in [0.4, 0.5) is 0 Å². The first kappa shape index (κ1) is 36.5. The molecular formula is C25H53NO11. The summed E-state index contributed by atoms with van der Waals surface area (Å²) in [6.45, 7) is 14.8. The molecule has 0 radical (unpaired) electrons. The maximum Gasteiger partial charge on any atom is 0.0701 e. The molecule has 0 aromatic carbocycles. The maximum atomic E-state index is 5.46. The minimum atomic E-state index is 0.521. The fourth-order valence-corrected chi connectivity index (χ4v) is 2.53. The highest BCUT2D eigenvalue weighted by atomic mass is 16.6. The first-order valence-corrected chi connectivity index (χ1v) is 13.5. The van der Waals surface area contributed by atoms with Gasteiger partial charge >= 0.3 is 0 Å². The maximum absolute atomic E-state index is 5.46. The summed E-state index contributed by atoms with van der Waals surface area (Å²) in [4.78, 5) is 0. The minimum Gasteiger partial charge on any atom is -0.379 e. The monoisotopic (exact) mass is 543 g/mol. The van der Waals surface area contributed by atoms with Crippen molar-refractivity contribution >= 4 is 0 Å². The predicted octanol–water partition coefficient (Wildman–Crippen LogP) is 0.538. The van der Waals surface area contributed by atoms with E-state index in [1.807, 2.05) is 0 Å². The van der Waals surface area contributed by atoms with Gasteiger partial charge in [0.25, 0.3) is 0 Å². The summed E-state index contributed by atoms with van der Waals surface area (Å²) in [5.74, 6) is 0. The van der Waals surface area contributed by atoms with Gasteiger partial charge in [0.05, 0.1) is 139 Å². The fraction of sp³-hybridized carbons (Fsp3) is 1.00. The van der Waals surface area contributed by atoms with Crippen LogP contribution in [0, 0.1) is 0 Å². The Labute approximate surface area is 223 Å². The first-order chi connectivity index (χ1) is 18.4. The highest BCUT2D eigenvalue weighted by Crippen LogP contribution is 1.87. The van der Waals surface area contributed by atoms with Crippen LogP contribution >= 0.6 is 0 Å². The minimum absolute atomic E-state index is 0.521. The zero-order valence-corrected chi connectivity index (χ0v) is 23.0. The SMILES string of the molecule is CCCOCCOCCOCCOCCOCCOCCOCCOCCOCCOCCOCCN. The van der Waals surface area contributed by atoms with Crippen LogP contribution in [-0.2, 0) is 52.1 Å². The van der Waals surface area contributed by atoms with Gasteiger partial charge in [-0.2, -0.15) is 0 Å². The van der Waals surface area contributed by atoms with E-state index in [0.29, 0.717) is 145 Å². The lowest BCUT2D eigenvalue weighted by atomic mass is 10.5. The van der Waals surface area contributed by atoms with E-state index < -0.39 is 0 Å². The van der Waals surface area contributed by atoms with E-state index in [1.54, 1.807) is 0 Å². The molecule has 0 fully saturated rings. The van der Waals surface area contributed by atoms with Gasteiger partial charge in [0, 0.05) is 13.2 Å². The molecule has 12 nitrogen and oxygen atoms in total. The Morgan fingerprint density at radius 2 is 0.432 bits per heavy atom. The quantitative estimate of drug-likeness (QED) is 0.114. The molecule has 0 heterocycles. The van der Waals surface area contributed by atoms with Crippen LogP contribution in [-0.4, -0.2) is 152 Å². The predicted molar refractivity (Wildman–Crippen MR) is 138 cm³/mol. The summed E-state index contributed by atoms with van der Waals surface area (Å²) < 4.78 is 59.3. The Morgan fingerprint density at radius 1 is 0.270 bits per heavy atom. The van der Waals surface area contributed by atoms with Gasteiger partial charge in [0.2, 0.25) is 0 Å². The molecule has 0 rings (SSSR count). The molecule has 0 bridgehead atoms. The summed E-state index contributed by atoms with van der Waals surface area (Å²) in [6, 6.07) is 0. The van der Waals surface area contributed by atoms with Crippen LogP contribution in [0.2, 0.25) is 0 Å². The lowest BCUT2D eigenvalue weighted by Crippen LogP contribution is -2.15. The molecule has 0 saturated carbocycles. The third kappa shape index (κ3) is 35.5. The average molecular weight is 544 g/mol. The number of hydrogen-bond donors (Lipinski definition) is 1. The Hall–Kier alpha value is -0.480. The number of hydrogen-bond acceptors (Lipinski definition) is 12. The van der Waals surface area contributed by atoms with Crippen molar-refractivity contribution < 1.29 is 52.1 Å². The van der Waals surface area contributed by atoms with Crippen LogP contribution in [0.5, 0.6) is 0 Å². The van der Waals surface area contributed by atoms with E-state index in [9.17, 15) is 0 Å². The van der Waals surface area contributed by atoms with Gasteiger partial charge in [-0.3, -0.25) is 0 Å². The lowest BCUT2D eigenvalue weighted by Gasteiger charge is -2.09. The van der Waals surface area contributed by atoms with Gasteiger partial charge in [-0.15, -0.1) is 0 Å². The lowest BCUT2D eigenvalue weighted by molar-refractivity contribution is -0.0274. The smallest absolute Gasteiger partial charge is 0.0701 e.